The lowest BCUT2D eigenvalue weighted by Crippen LogP contribution is -2.38. The van der Waals surface area contributed by atoms with E-state index in [1.165, 1.54) is 0 Å². The van der Waals surface area contributed by atoms with Crippen molar-refractivity contribution in [2.45, 2.75) is 32.7 Å². The van der Waals surface area contributed by atoms with Crippen molar-refractivity contribution < 1.29 is 9.72 Å². The molecule has 0 radical (unpaired) electrons. The number of aromatic nitrogens is 2. The van der Waals surface area contributed by atoms with Crippen molar-refractivity contribution in [1.82, 2.24) is 15.5 Å². The van der Waals surface area contributed by atoms with Gasteiger partial charge in [-0.25, -0.2) is 0 Å². The molecule has 1 aromatic heterocycles. The Balaban J connectivity index is 3.01. The van der Waals surface area contributed by atoms with Gasteiger partial charge in [0, 0.05) is 12.6 Å². The van der Waals surface area contributed by atoms with Gasteiger partial charge in [-0.15, -0.1) is 0 Å². The van der Waals surface area contributed by atoms with Crippen LogP contribution in [-0.4, -0.2) is 33.6 Å². The zero-order chi connectivity index (χ0) is 13.7. The van der Waals surface area contributed by atoms with Crippen molar-refractivity contribution >= 4 is 11.6 Å². The topological polar surface area (TPSA) is 127 Å². The molecule has 4 N–H and O–H groups in total. The zero-order valence-corrected chi connectivity index (χ0v) is 10.4. The summed E-state index contributed by atoms with van der Waals surface area (Å²) in [5.41, 5.74) is 5.30. The molecule has 100 valence electrons. The van der Waals surface area contributed by atoms with Gasteiger partial charge in [0.2, 0.25) is 5.69 Å². The highest BCUT2D eigenvalue weighted by atomic mass is 16.6. The van der Waals surface area contributed by atoms with Crippen molar-refractivity contribution in [3.63, 3.8) is 0 Å². The first-order chi connectivity index (χ1) is 8.51. The Labute approximate surface area is 104 Å². The molecular weight excluding hydrogens is 238 g/mol. The van der Waals surface area contributed by atoms with Gasteiger partial charge in [-0.2, -0.15) is 5.10 Å². The predicted octanol–water partition coefficient (Wildman–Crippen LogP) is 0.347. The van der Waals surface area contributed by atoms with Crippen LogP contribution < -0.4 is 11.1 Å². The molecule has 0 aliphatic carbocycles. The largest absolute Gasteiger partial charge is 0.347 e. The summed E-state index contributed by atoms with van der Waals surface area (Å²) in [4.78, 5) is 22.2. The van der Waals surface area contributed by atoms with Gasteiger partial charge in [0.05, 0.1) is 4.92 Å². The lowest BCUT2D eigenvalue weighted by atomic mass is 10.2. The number of carbonyl (C=O) groups excluding carboxylic acids is 1. The standard InChI is InChI=1S/C10H17N5O3/c1-3-4-7-9(15(17)18)8(14-13-7)10(16)12-6(2)5-11/h6H,3-5,11H2,1-2H3,(H,12,16)(H,13,14)/t6-/m0/s1. The van der Waals surface area contributed by atoms with E-state index in [2.05, 4.69) is 15.5 Å². The maximum Gasteiger partial charge on any atom is 0.322 e. The van der Waals surface area contributed by atoms with E-state index in [1.807, 2.05) is 6.92 Å². The fraction of sp³-hybridized carbons (Fsp3) is 0.600. The Morgan fingerprint density at radius 2 is 2.33 bits per heavy atom. The second-order valence-electron chi connectivity index (χ2n) is 4.02. The third-order valence-electron chi connectivity index (χ3n) is 2.44. The molecule has 0 aliphatic rings. The Hall–Kier alpha value is -1.96. The minimum Gasteiger partial charge on any atom is -0.347 e. The van der Waals surface area contributed by atoms with Gasteiger partial charge in [0.1, 0.15) is 5.69 Å². The number of nitrogens with one attached hydrogen (secondary N) is 2. The summed E-state index contributed by atoms with van der Waals surface area (Å²) in [7, 11) is 0. The number of amides is 1. The number of nitrogens with two attached hydrogens (primary N) is 1. The van der Waals surface area contributed by atoms with Crippen LogP contribution >= 0.6 is 0 Å². The third-order valence-corrected chi connectivity index (χ3v) is 2.44. The first-order valence-electron chi connectivity index (χ1n) is 5.73. The molecule has 0 unspecified atom stereocenters. The fourth-order valence-corrected chi connectivity index (χ4v) is 1.50. The highest BCUT2D eigenvalue weighted by molar-refractivity contribution is 5.96. The van der Waals surface area contributed by atoms with Crippen LogP contribution in [0.3, 0.4) is 0 Å². The van der Waals surface area contributed by atoms with Crippen molar-refractivity contribution in [2.24, 2.45) is 5.73 Å². The van der Waals surface area contributed by atoms with Crippen LogP contribution in [0.5, 0.6) is 0 Å². The second kappa shape index (κ2) is 6.10. The molecule has 0 saturated heterocycles. The molecular formula is C10H17N5O3. The summed E-state index contributed by atoms with van der Waals surface area (Å²) in [6.45, 7) is 3.86. The number of carbonyl (C=O) groups is 1. The lowest BCUT2D eigenvalue weighted by molar-refractivity contribution is -0.385. The molecule has 18 heavy (non-hydrogen) atoms. The summed E-state index contributed by atoms with van der Waals surface area (Å²) in [6, 6.07) is -0.261. The Morgan fingerprint density at radius 3 is 2.83 bits per heavy atom. The minimum absolute atomic E-state index is 0.191. The zero-order valence-electron chi connectivity index (χ0n) is 10.4. The monoisotopic (exact) mass is 255 g/mol. The van der Waals surface area contributed by atoms with E-state index in [-0.39, 0.29) is 24.0 Å². The van der Waals surface area contributed by atoms with Crippen molar-refractivity contribution in [2.75, 3.05) is 6.54 Å². The van der Waals surface area contributed by atoms with E-state index in [1.54, 1.807) is 6.92 Å². The minimum atomic E-state index is -0.587. The van der Waals surface area contributed by atoms with E-state index < -0.39 is 10.8 Å². The summed E-state index contributed by atoms with van der Waals surface area (Å²) in [6.07, 6.45) is 1.20. The summed E-state index contributed by atoms with van der Waals surface area (Å²) in [5.74, 6) is -0.585. The quantitative estimate of drug-likeness (QED) is 0.499. The van der Waals surface area contributed by atoms with Crippen LogP contribution in [0.4, 0.5) is 5.69 Å². The van der Waals surface area contributed by atoms with E-state index >= 15 is 0 Å². The summed E-state index contributed by atoms with van der Waals surface area (Å²) < 4.78 is 0. The van der Waals surface area contributed by atoms with Crippen LogP contribution in [0.15, 0.2) is 0 Å². The molecule has 1 amide bonds. The lowest BCUT2D eigenvalue weighted by Gasteiger charge is -2.09. The number of nitro groups is 1. The summed E-state index contributed by atoms with van der Waals surface area (Å²) >= 11 is 0. The SMILES string of the molecule is CCCc1[nH]nc(C(=O)N[C@@H](C)CN)c1[N+](=O)[O-]. The van der Waals surface area contributed by atoms with Gasteiger partial charge in [-0.3, -0.25) is 20.0 Å². The maximum absolute atomic E-state index is 11.8. The molecule has 0 spiro atoms. The molecule has 0 aliphatic heterocycles. The van der Waals surface area contributed by atoms with Gasteiger partial charge in [0.15, 0.2) is 0 Å². The number of nitrogens with zero attached hydrogens (tertiary/aromatic N) is 2. The average Bonchev–Trinajstić information content (AvgIpc) is 2.73. The number of hydrogen-bond acceptors (Lipinski definition) is 5. The first-order valence-corrected chi connectivity index (χ1v) is 5.73. The van der Waals surface area contributed by atoms with Crippen LogP contribution in [-0.2, 0) is 6.42 Å². The number of aryl methyl sites for hydroxylation is 1. The molecule has 0 bridgehead atoms. The van der Waals surface area contributed by atoms with E-state index in [9.17, 15) is 14.9 Å². The highest BCUT2D eigenvalue weighted by Crippen LogP contribution is 2.22. The normalized spacial score (nSPS) is 12.2. The van der Waals surface area contributed by atoms with Gasteiger partial charge in [0.25, 0.3) is 5.91 Å². The van der Waals surface area contributed by atoms with Gasteiger partial charge in [-0.1, -0.05) is 13.3 Å². The van der Waals surface area contributed by atoms with Crippen molar-refractivity contribution in [1.29, 1.82) is 0 Å². The molecule has 8 nitrogen and oxygen atoms in total. The third kappa shape index (κ3) is 3.04. The Bertz CT molecular complexity index is 443. The average molecular weight is 255 g/mol. The van der Waals surface area contributed by atoms with Crippen LogP contribution in [0.2, 0.25) is 0 Å². The van der Waals surface area contributed by atoms with Crippen LogP contribution in [0.25, 0.3) is 0 Å². The van der Waals surface area contributed by atoms with Gasteiger partial charge >= 0.3 is 5.69 Å². The van der Waals surface area contributed by atoms with E-state index in [0.717, 1.165) is 6.42 Å². The molecule has 1 aromatic rings. The second-order valence-corrected chi connectivity index (χ2v) is 4.02. The maximum atomic E-state index is 11.8. The van der Waals surface area contributed by atoms with Gasteiger partial charge in [-0.05, 0) is 13.3 Å². The van der Waals surface area contributed by atoms with Crippen molar-refractivity contribution in [3.05, 3.63) is 21.5 Å². The molecule has 0 saturated carbocycles. The molecule has 1 rings (SSSR count). The number of hydrogen-bond donors (Lipinski definition) is 3. The Morgan fingerprint density at radius 1 is 1.67 bits per heavy atom. The van der Waals surface area contributed by atoms with Gasteiger partial charge < -0.3 is 11.1 Å². The molecule has 1 atom stereocenters. The molecule has 1 heterocycles. The van der Waals surface area contributed by atoms with Crippen LogP contribution in [0, 0.1) is 10.1 Å². The number of rotatable bonds is 6. The first kappa shape index (κ1) is 14.1. The van der Waals surface area contributed by atoms with E-state index in [4.69, 9.17) is 5.73 Å². The molecule has 0 aromatic carbocycles. The fourth-order valence-electron chi connectivity index (χ4n) is 1.50. The molecule has 8 heteroatoms. The summed E-state index contributed by atoms with van der Waals surface area (Å²) in [5, 5.41) is 19.8. The van der Waals surface area contributed by atoms with Crippen molar-refractivity contribution in [3.8, 4) is 0 Å². The van der Waals surface area contributed by atoms with Crippen LogP contribution in [0.1, 0.15) is 36.5 Å². The van der Waals surface area contributed by atoms with E-state index in [0.29, 0.717) is 12.1 Å². The predicted molar refractivity (Wildman–Crippen MR) is 65.2 cm³/mol. The Kier molecular flexibility index (Phi) is 4.78. The highest BCUT2D eigenvalue weighted by Gasteiger charge is 2.28. The number of H-pyrrole nitrogens is 1. The smallest absolute Gasteiger partial charge is 0.322 e. The number of aromatic amines is 1. The molecule has 0 fully saturated rings.